The average molecular weight is 268 g/mol. The molecule has 0 aliphatic rings. The summed E-state index contributed by atoms with van der Waals surface area (Å²) >= 11 is 0. The molecule has 108 valence electrons. The highest BCUT2D eigenvalue weighted by Crippen LogP contribution is 2.10. The monoisotopic (exact) mass is 268 g/mol. The number of pyridine rings is 1. The van der Waals surface area contributed by atoms with Crippen LogP contribution in [0.2, 0.25) is 0 Å². The van der Waals surface area contributed by atoms with Crippen LogP contribution in [0.5, 0.6) is 5.75 Å². The number of methoxy groups -OCH3 is 1. The van der Waals surface area contributed by atoms with E-state index in [0.29, 0.717) is 26.4 Å². The summed E-state index contributed by atoms with van der Waals surface area (Å²) in [5.41, 5.74) is 6.71. The van der Waals surface area contributed by atoms with Gasteiger partial charge >= 0.3 is 0 Å². The van der Waals surface area contributed by atoms with Gasteiger partial charge in [-0.25, -0.2) is 0 Å². The minimum atomic E-state index is 0.128. The van der Waals surface area contributed by atoms with Crippen molar-refractivity contribution in [1.82, 2.24) is 4.98 Å². The molecular weight excluding hydrogens is 244 g/mol. The predicted octanol–water partition coefficient (Wildman–Crippen LogP) is 1.40. The summed E-state index contributed by atoms with van der Waals surface area (Å²) in [4.78, 5) is 4.31. The van der Waals surface area contributed by atoms with E-state index in [1.54, 1.807) is 13.3 Å². The van der Waals surface area contributed by atoms with E-state index in [9.17, 15) is 0 Å². The van der Waals surface area contributed by atoms with Crippen molar-refractivity contribution in [3.8, 4) is 5.75 Å². The summed E-state index contributed by atoms with van der Waals surface area (Å²) in [6.07, 6.45) is 3.38. The van der Waals surface area contributed by atoms with Crippen molar-refractivity contribution in [2.75, 3.05) is 33.5 Å². The Bertz CT molecular complexity index is 328. The molecule has 1 atom stereocenters. The Morgan fingerprint density at radius 1 is 1.21 bits per heavy atom. The summed E-state index contributed by atoms with van der Waals surface area (Å²) in [5, 5.41) is 0. The van der Waals surface area contributed by atoms with E-state index in [1.807, 2.05) is 19.1 Å². The van der Waals surface area contributed by atoms with Crippen molar-refractivity contribution in [2.45, 2.75) is 25.8 Å². The maximum Gasteiger partial charge on any atom is 0.137 e. The number of nitrogens with zero attached hydrogens (tertiary/aromatic N) is 1. The number of nitrogens with two attached hydrogens (primary N) is 1. The normalized spacial score (nSPS) is 12.4. The van der Waals surface area contributed by atoms with Crippen LogP contribution in [0.15, 0.2) is 18.3 Å². The van der Waals surface area contributed by atoms with E-state index in [2.05, 4.69) is 4.98 Å². The molecule has 0 aromatic carbocycles. The summed E-state index contributed by atoms with van der Waals surface area (Å²) < 4.78 is 15.8. The van der Waals surface area contributed by atoms with Crippen molar-refractivity contribution in [1.29, 1.82) is 0 Å². The van der Waals surface area contributed by atoms with Gasteiger partial charge in [-0.3, -0.25) is 4.98 Å². The number of hydrogen-bond acceptors (Lipinski definition) is 5. The van der Waals surface area contributed by atoms with Crippen LogP contribution < -0.4 is 10.5 Å². The Balaban J connectivity index is 2.12. The molecule has 0 saturated carbocycles. The third-order valence-corrected chi connectivity index (χ3v) is 2.46. The fourth-order valence-electron chi connectivity index (χ4n) is 1.54. The predicted molar refractivity (Wildman–Crippen MR) is 74.4 cm³/mol. The highest BCUT2D eigenvalue weighted by molar-refractivity contribution is 5.20. The maximum absolute atomic E-state index is 5.72. The second-order valence-electron chi connectivity index (χ2n) is 4.47. The van der Waals surface area contributed by atoms with Crippen molar-refractivity contribution < 1.29 is 14.2 Å². The van der Waals surface area contributed by atoms with Crippen molar-refractivity contribution in [2.24, 2.45) is 5.73 Å². The summed E-state index contributed by atoms with van der Waals surface area (Å²) in [6, 6.07) is 4.01. The zero-order valence-electron chi connectivity index (χ0n) is 11.8. The molecule has 0 aliphatic heterocycles. The van der Waals surface area contributed by atoms with Crippen LogP contribution >= 0.6 is 0 Å². The molecule has 0 fully saturated rings. The largest absolute Gasteiger partial charge is 0.492 e. The van der Waals surface area contributed by atoms with Crippen LogP contribution in [0.1, 0.15) is 19.0 Å². The SMILES string of the molecule is COCCOCCCOc1ccc(CC(C)N)nc1. The van der Waals surface area contributed by atoms with E-state index < -0.39 is 0 Å². The lowest BCUT2D eigenvalue weighted by Crippen LogP contribution is -2.18. The van der Waals surface area contributed by atoms with Gasteiger partial charge < -0.3 is 19.9 Å². The van der Waals surface area contributed by atoms with E-state index in [1.165, 1.54) is 0 Å². The van der Waals surface area contributed by atoms with Gasteiger partial charge in [0.05, 0.1) is 26.0 Å². The Morgan fingerprint density at radius 2 is 2.05 bits per heavy atom. The molecule has 0 bridgehead atoms. The van der Waals surface area contributed by atoms with Gasteiger partial charge in [-0.05, 0) is 19.1 Å². The van der Waals surface area contributed by atoms with Gasteiger partial charge in [-0.15, -0.1) is 0 Å². The first-order chi connectivity index (χ1) is 9.22. The molecule has 0 aliphatic carbocycles. The molecule has 0 spiro atoms. The zero-order valence-corrected chi connectivity index (χ0v) is 11.8. The Labute approximate surface area is 115 Å². The zero-order chi connectivity index (χ0) is 13.9. The standard InChI is InChI=1S/C14H24N2O3/c1-12(15)10-13-4-5-14(11-16-13)19-7-3-6-18-9-8-17-2/h4-5,11-12H,3,6-10,15H2,1-2H3. The van der Waals surface area contributed by atoms with Crippen LogP contribution in [0.3, 0.4) is 0 Å². The molecule has 2 N–H and O–H groups in total. The summed E-state index contributed by atoms with van der Waals surface area (Å²) in [7, 11) is 1.66. The van der Waals surface area contributed by atoms with Gasteiger partial charge in [-0.1, -0.05) is 0 Å². The quantitative estimate of drug-likeness (QED) is 0.650. The summed E-state index contributed by atoms with van der Waals surface area (Å²) in [6.45, 7) is 4.53. The first kappa shape index (κ1) is 15.9. The van der Waals surface area contributed by atoms with E-state index in [0.717, 1.165) is 24.3 Å². The smallest absolute Gasteiger partial charge is 0.137 e. The van der Waals surface area contributed by atoms with Gasteiger partial charge in [0, 0.05) is 38.3 Å². The van der Waals surface area contributed by atoms with Crippen LogP contribution in [-0.2, 0) is 15.9 Å². The van der Waals surface area contributed by atoms with Gasteiger partial charge in [0.2, 0.25) is 0 Å². The number of aromatic nitrogens is 1. The molecular formula is C14H24N2O3. The van der Waals surface area contributed by atoms with E-state index >= 15 is 0 Å². The van der Waals surface area contributed by atoms with Crippen molar-refractivity contribution >= 4 is 0 Å². The number of ether oxygens (including phenoxy) is 3. The van der Waals surface area contributed by atoms with Gasteiger partial charge in [0.25, 0.3) is 0 Å². The Morgan fingerprint density at radius 3 is 2.68 bits per heavy atom. The third kappa shape index (κ3) is 7.77. The lowest BCUT2D eigenvalue weighted by Gasteiger charge is -2.08. The first-order valence-electron chi connectivity index (χ1n) is 6.62. The lowest BCUT2D eigenvalue weighted by atomic mass is 10.2. The van der Waals surface area contributed by atoms with Crippen LogP contribution in [0.4, 0.5) is 0 Å². The van der Waals surface area contributed by atoms with Crippen LogP contribution in [0.25, 0.3) is 0 Å². The third-order valence-electron chi connectivity index (χ3n) is 2.46. The second kappa shape index (κ2) is 9.72. The Hall–Kier alpha value is -1.17. The topological polar surface area (TPSA) is 66.6 Å². The molecule has 1 rings (SSSR count). The first-order valence-corrected chi connectivity index (χ1v) is 6.62. The second-order valence-corrected chi connectivity index (χ2v) is 4.47. The highest BCUT2D eigenvalue weighted by atomic mass is 16.5. The van der Waals surface area contributed by atoms with Crippen LogP contribution in [-0.4, -0.2) is 44.6 Å². The number of hydrogen-bond donors (Lipinski definition) is 1. The molecule has 0 radical (unpaired) electrons. The van der Waals surface area contributed by atoms with Crippen molar-refractivity contribution in [3.63, 3.8) is 0 Å². The van der Waals surface area contributed by atoms with E-state index in [-0.39, 0.29) is 6.04 Å². The summed E-state index contributed by atoms with van der Waals surface area (Å²) in [5.74, 6) is 0.783. The van der Waals surface area contributed by atoms with Gasteiger partial charge in [-0.2, -0.15) is 0 Å². The minimum absolute atomic E-state index is 0.128. The van der Waals surface area contributed by atoms with E-state index in [4.69, 9.17) is 19.9 Å². The molecule has 0 amide bonds. The highest BCUT2D eigenvalue weighted by Gasteiger charge is 2.00. The molecule has 1 heterocycles. The van der Waals surface area contributed by atoms with Crippen molar-refractivity contribution in [3.05, 3.63) is 24.0 Å². The average Bonchev–Trinajstić information content (AvgIpc) is 2.39. The Kier molecular flexibility index (Phi) is 8.13. The maximum atomic E-state index is 5.72. The molecule has 5 heteroatoms. The lowest BCUT2D eigenvalue weighted by molar-refractivity contribution is 0.0644. The fourth-order valence-corrected chi connectivity index (χ4v) is 1.54. The molecule has 19 heavy (non-hydrogen) atoms. The fraction of sp³-hybridized carbons (Fsp3) is 0.643. The molecule has 1 aromatic rings. The molecule has 1 aromatic heterocycles. The molecule has 5 nitrogen and oxygen atoms in total. The number of rotatable bonds is 10. The molecule has 1 unspecified atom stereocenters. The van der Waals surface area contributed by atoms with Gasteiger partial charge in [0.1, 0.15) is 5.75 Å². The van der Waals surface area contributed by atoms with Gasteiger partial charge in [0.15, 0.2) is 0 Å². The minimum Gasteiger partial charge on any atom is -0.492 e. The van der Waals surface area contributed by atoms with Crippen LogP contribution in [0, 0.1) is 0 Å². The molecule has 0 saturated heterocycles.